The molecule has 3 heteroatoms. The lowest BCUT2D eigenvalue weighted by Crippen LogP contribution is -2.09. The Balaban J connectivity index is 2.11. The summed E-state index contributed by atoms with van der Waals surface area (Å²) >= 11 is 5.09. The molecule has 2 atom stereocenters. The van der Waals surface area contributed by atoms with Crippen LogP contribution in [-0.4, -0.2) is 5.11 Å². The smallest absolute Gasteiger partial charge is 0.0921 e. The van der Waals surface area contributed by atoms with Gasteiger partial charge in [-0.2, -0.15) is 0 Å². The number of aliphatic hydroxyl groups excluding tert-OH is 1. The van der Waals surface area contributed by atoms with Crippen LogP contribution in [0.25, 0.3) is 0 Å². The van der Waals surface area contributed by atoms with Crippen molar-refractivity contribution in [2.24, 2.45) is 11.8 Å². The summed E-state index contributed by atoms with van der Waals surface area (Å²) in [6.07, 6.45) is 2.31. The quantitative estimate of drug-likeness (QED) is 0.881. The van der Waals surface area contributed by atoms with E-state index in [4.69, 9.17) is 0 Å². The highest BCUT2D eigenvalue weighted by atomic mass is 79.9. The predicted octanol–water partition coefficient (Wildman–Crippen LogP) is 3.59. The molecule has 2 unspecified atom stereocenters. The molecule has 0 radical (unpaired) electrons. The van der Waals surface area contributed by atoms with Gasteiger partial charge >= 0.3 is 0 Å². The van der Waals surface area contributed by atoms with Crippen molar-refractivity contribution in [2.75, 3.05) is 0 Å². The van der Waals surface area contributed by atoms with E-state index in [0.717, 1.165) is 15.3 Å². The zero-order valence-electron chi connectivity index (χ0n) is 7.53. The number of hydrogen-bond donors (Lipinski definition) is 1. The third-order valence-corrected chi connectivity index (χ3v) is 4.72. The highest BCUT2D eigenvalue weighted by Gasteiger charge is 2.34. The van der Waals surface area contributed by atoms with Crippen LogP contribution in [0.4, 0.5) is 0 Å². The topological polar surface area (TPSA) is 20.2 Å². The van der Waals surface area contributed by atoms with Gasteiger partial charge in [-0.1, -0.05) is 6.92 Å². The average Bonchev–Trinajstić information content (AvgIpc) is 2.87. The van der Waals surface area contributed by atoms with Gasteiger partial charge < -0.3 is 5.11 Å². The molecule has 1 aromatic rings. The van der Waals surface area contributed by atoms with Gasteiger partial charge in [-0.25, -0.2) is 0 Å². The Labute approximate surface area is 90.9 Å². The van der Waals surface area contributed by atoms with Crippen molar-refractivity contribution in [1.82, 2.24) is 0 Å². The lowest BCUT2D eigenvalue weighted by atomic mass is 9.98. The maximum atomic E-state index is 10.0. The van der Waals surface area contributed by atoms with Crippen molar-refractivity contribution in [3.8, 4) is 0 Å². The van der Waals surface area contributed by atoms with E-state index in [9.17, 15) is 5.11 Å². The Hall–Kier alpha value is 0.140. The highest BCUT2D eigenvalue weighted by Crippen LogP contribution is 2.44. The predicted molar refractivity (Wildman–Crippen MR) is 58.9 cm³/mol. The number of thiophene rings is 1. The number of halogens is 1. The highest BCUT2D eigenvalue weighted by molar-refractivity contribution is 9.10. The Morgan fingerprint density at radius 3 is 2.77 bits per heavy atom. The maximum absolute atomic E-state index is 10.0. The fourth-order valence-electron chi connectivity index (χ4n) is 1.64. The molecule has 0 aromatic carbocycles. The van der Waals surface area contributed by atoms with Gasteiger partial charge in [0.15, 0.2) is 0 Å². The molecule has 2 rings (SSSR count). The molecule has 1 fully saturated rings. The molecule has 1 N–H and O–H groups in total. The second kappa shape index (κ2) is 3.71. The van der Waals surface area contributed by atoms with Gasteiger partial charge in [0.25, 0.3) is 0 Å². The van der Waals surface area contributed by atoms with Gasteiger partial charge in [-0.15, -0.1) is 11.3 Å². The zero-order chi connectivity index (χ0) is 9.42. The maximum Gasteiger partial charge on any atom is 0.0921 e. The fraction of sp³-hybridized carbons (Fsp3) is 0.600. The van der Waals surface area contributed by atoms with Crippen molar-refractivity contribution in [3.63, 3.8) is 0 Å². The van der Waals surface area contributed by atoms with Crippen LogP contribution < -0.4 is 0 Å². The van der Waals surface area contributed by atoms with Gasteiger partial charge in [-0.3, -0.25) is 0 Å². The summed E-state index contributed by atoms with van der Waals surface area (Å²) in [5, 5.41) is 12.1. The normalized spacial score (nSPS) is 21.5. The largest absolute Gasteiger partial charge is 0.387 e. The van der Waals surface area contributed by atoms with Crippen LogP contribution in [0.1, 0.15) is 30.7 Å². The van der Waals surface area contributed by atoms with Gasteiger partial charge in [0.1, 0.15) is 0 Å². The first-order valence-electron chi connectivity index (χ1n) is 4.61. The monoisotopic (exact) mass is 260 g/mol. The van der Waals surface area contributed by atoms with Crippen LogP contribution in [0.3, 0.4) is 0 Å². The lowest BCUT2D eigenvalue weighted by molar-refractivity contribution is 0.108. The van der Waals surface area contributed by atoms with Crippen LogP contribution >= 0.6 is 27.3 Å². The van der Waals surface area contributed by atoms with E-state index < -0.39 is 0 Å². The van der Waals surface area contributed by atoms with E-state index in [1.165, 1.54) is 12.8 Å². The molecule has 0 saturated heterocycles. The number of hydrogen-bond acceptors (Lipinski definition) is 2. The molecule has 13 heavy (non-hydrogen) atoms. The molecule has 0 amide bonds. The van der Waals surface area contributed by atoms with E-state index in [1.54, 1.807) is 11.3 Å². The Morgan fingerprint density at radius 1 is 1.62 bits per heavy atom. The molecular weight excluding hydrogens is 248 g/mol. The van der Waals surface area contributed by atoms with Crippen LogP contribution in [0, 0.1) is 11.8 Å². The van der Waals surface area contributed by atoms with Gasteiger partial charge in [0, 0.05) is 9.35 Å². The Kier molecular flexibility index (Phi) is 2.77. The van der Waals surface area contributed by atoms with E-state index in [-0.39, 0.29) is 6.10 Å². The summed E-state index contributed by atoms with van der Waals surface area (Å²) in [6.45, 7) is 2.15. The van der Waals surface area contributed by atoms with Crippen LogP contribution in [0.5, 0.6) is 0 Å². The summed E-state index contributed by atoms with van der Waals surface area (Å²) < 4.78 is 1.05. The summed E-state index contributed by atoms with van der Waals surface area (Å²) in [6, 6.07) is 2.00. The van der Waals surface area contributed by atoms with E-state index in [0.29, 0.717) is 5.92 Å². The molecule has 0 bridgehead atoms. The van der Waals surface area contributed by atoms with Crippen molar-refractivity contribution in [2.45, 2.75) is 25.9 Å². The first kappa shape index (κ1) is 9.69. The molecule has 1 aliphatic carbocycles. The molecule has 72 valence electrons. The molecule has 1 nitrogen and oxygen atoms in total. The fourth-order valence-corrected chi connectivity index (χ4v) is 3.34. The third-order valence-electron chi connectivity index (χ3n) is 2.78. The number of rotatable bonds is 3. The molecule has 0 aliphatic heterocycles. The molecule has 1 saturated carbocycles. The molecule has 1 aliphatic rings. The van der Waals surface area contributed by atoms with Crippen molar-refractivity contribution >= 4 is 27.3 Å². The summed E-state index contributed by atoms with van der Waals surface area (Å²) in [5.41, 5.74) is 0. The van der Waals surface area contributed by atoms with Crippen molar-refractivity contribution < 1.29 is 5.11 Å². The minimum atomic E-state index is -0.276. The van der Waals surface area contributed by atoms with Gasteiger partial charge in [0.2, 0.25) is 0 Å². The molecule has 1 aromatic heterocycles. The zero-order valence-corrected chi connectivity index (χ0v) is 9.94. The summed E-state index contributed by atoms with van der Waals surface area (Å²) in [7, 11) is 0. The molecule has 0 spiro atoms. The van der Waals surface area contributed by atoms with E-state index >= 15 is 0 Å². The van der Waals surface area contributed by atoms with Crippen LogP contribution in [0.2, 0.25) is 0 Å². The van der Waals surface area contributed by atoms with Gasteiger partial charge in [0.05, 0.1) is 6.10 Å². The lowest BCUT2D eigenvalue weighted by Gasteiger charge is -2.17. The van der Waals surface area contributed by atoms with E-state index in [1.807, 2.05) is 11.4 Å². The first-order valence-corrected chi connectivity index (χ1v) is 6.28. The average molecular weight is 261 g/mol. The summed E-state index contributed by atoms with van der Waals surface area (Å²) in [5.74, 6) is 1.17. The van der Waals surface area contributed by atoms with Crippen molar-refractivity contribution in [1.29, 1.82) is 0 Å². The second-order valence-electron chi connectivity index (χ2n) is 3.77. The second-order valence-corrected chi connectivity index (χ2v) is 5.58. The minimum absolute atomic E-state index is 0.276. The Morgan fingerprint density at radius 2 is 2.31 bits per heavy atom. The van der Waals surface area contributed by atoms with E-state index in [2.05, 4.69) is 22.9 Å². The first-order chi connectivity index (χ1) is 6.20. The van der Waals surface area contributed by atoms with Crippen LogP contribution in [0.15, 0.2) is 15.9 Å². The third kappa shape index (κ3) is 1.97. The number of aliphatic hydroxyl groups is 1. The molecule has 1 heterocycles. The van der Waals surface area contributed by atoms with Gasteiger partial charge in [-0.05, 0) is 52.1 Å². The molecular formula is C10H13BrOS. The standard InChI is InChI=1S/C10H13BrOS/c1-6(7-2-3-7)9(12)10-8(11)4-5-13-10/h4-7,9,12H,2-3H2,1H3. The minimum Gasteiger partial charge on any atom is -0.387 e. The van der Waals surface area contributed by atoms with Crippen LogP contribution in [-0.2, 0) is 0 Å². The Bertz CT molecular complexity index is 293. The van der Waals surface area contributed by atoms with Crippen molar-refractivity contribution in [3.05, 3.63) is 20.8 Å². The SMILES string of the molecule is CC(C1CC1)C(O)c1sccc1Br. The summed E-state index contributed by atoms with van der Waals surface area (Å²) in [4.78, 5) is 1.08.